The summed E-state index contributed by atoms with van der Waals surface area (Å²) in [5.41, 5.74) is 6.19. The van der Waals surface area contributed by atoms with Crippen LogP contribution in [-0.4, -0.2) is 47.1 Å². The maximum atomic E-state index is 12.1. The van der Waals surface area contributed by atoms with E-state index in [2.05, 4.69) is 80.8 Å². The number of H-pyrrole nitrogens is 2. The number of rotatable bonds is 6. The van der Waals surface area contributed by atoms with Crippen LogP contribution in [0.4, 0.5) is 0 Å². The molecule has 0 fully saturated rings. The summed E-state index contributed by atoms with van der Waals surface area (Å²) in [4.78, 5) is 46.7. The summed E-state index contributed by atoms with van der Waals surface area (Å²) >= 11 is 0. The van der Waals surface area contributed by atoms with Crippen LogP contribution in [0.2, 0.25) is 19.6 Å². The van der Waals surface area contributed by atoms with Gasteiger partial charge in [0.1, 0.15) is 19.5 Å². The second-order valence-corrected chi connectivity index (χ2v) is 14.8. The van der Waals surface area contributed by atoms with E-state index in [9.17, 15) is 9.59 Å². The van der Waals surface area contributed by atoms with E-state index in [1.165, 1.54) is 6.20 Å². The third kappa shape index (κ3) is 8.31. The van der Waals surface area contributed by atoms with Crippen molar-refractivity contribution in [2.45, 2.75) is 85.1 Å². The van der Waals surface area contributed by atoms with E-state index in [0.717, 1.165) is 25.7 Å². The second-order valence-electron chi connectivity index (χ2n) is 10.0. The monoisotopic (exact) mass is 590 g/mol. The van der Waals surface area contributed by atoms with Crippen LogP contribution in [0.3, 0.4) is 0 Å². The zero-order valence-electron chi connectivity index (χ0n) is 24.6. The molecule has 0 aliphatic rings. The van der Waals surface area contributed by atoms with Crippen LogP contribution < -0.4 is 67.5 Å². The first-order valence-electron chi connectivity index (χ1n) is 13.0. The van der Waals surface area contributed by atoms with Crippen LogP contribution in [0.15, 0.2) is 22.0 Å². The molecule has 0 unspecified atom stereocenters. The van der Waals surface area contributed by atoms with Gasteiger partial charge in [0, 0.05) is 12.1 Å². The van der Waals surface area contributed by atoms with Crippen molar-refractivity contribution in [3.05, 3.63) is 44.8 Å². The Morgan fingerprint density at radius 1 is 0.825 bits per heavy atom. The van der Waals surface area contributed by atoms with Crippen molar-refractivity contribution in [2.75, 3.05) is 0 Å². The summed E-state index contributed by atoms with van der Waals surface area (Å²) in [5, 5.41) is 0. The Bertz CT molecular complexity index is 1640. The van der Waals surface area contributed by atoms with Crippen LogP contribution in [0.5, 0.6) is 0 Å². The molecule has 0 aromatic carbocycles. The number of fused-ring (bicyclic) bond motifs is 2. The topological polar surface area (TPSA) is 127 Å². The number of terminal acetylenes is 1. The molecule has 4 rings (SSSR count). The Kier molecular flexibility index (Phi) is 13.9. The Morgan fingerprint density at radius 3 is 1.60 bits per heavy atom. The van der Waals surface area contributed by atoms with Gasteiger partial charge in [0.05, 0.1) is 12.4 Å². The van der Waals surface area contributed by atoms with E-state index >= 15 is 0 Å². The molecule has 10 nitrogen and oxygen atoms in total. The molecule has 4 heterocycles. The van der Waals surface area contributed by atoms with E-state index in [0.29, 0.717) is 34.0 Å². The number of aromatic amines is 2. The minimum Gasteiger partial charge on any atom is -1.00 e. The largest absolute Gasteiger partial charge is 1.00 e. The van der Waals surface area contributed by atoms with E-state index in [-0.39, 0.29) is 79.6 Å². The molecule has 0 radical (unpaired) electrons. The zero-order chi connectivity index (χ0) is 28.0. The molecule has 0 aliphatic heterocycles. The number of halogens is 1. The second kappa shape index (κ2) is 15.6. The van der Waals surface area contributed by atoms with Crippen LogP contribution in [0, 0.1) is 23.8 Å². The van der Waals surface area contributed by atoms with Crippen molar-refractivity contribution in [1.29, 1.82) is 0 Å². The third-order valence-corrected chi connectivity index (χ3v) is 7.06. The fourth-order valence-corrected chi connectivity index (χ4v) is 4.66. The summed E-state index contributed by atoms with van der Waals surface area (Å²) < 4.78 is 3.35. The Balaban J connectivity index is 0.000000388. The molecule has 0 aliphatic carbocycles. The molecular weight excluding hydrogens is 555 g/mol. The third-order valence-electron chi connectivity index (χ3n) is 6.18. The Hall–Kier alpha value is -2.40. The van der Waals surface area contributed by atoms with Crippen molar-refractivity contribution in [3.63, 3.8) is 0 Å². The van der Waals surface area contributed by atoms with Crippen molar-refractivity contribution in [1.82, 2.24) is 39.0 Å². The fourth-order valence-electron chi connectivity index (χ4n) is 4.15. The van der Waals surface area contributed by atoms with Gasteiger partial charge in [-0.1, -0.05) is 53.3 Å². The van der Waals surface area contributed by atoms with Crippen LogP contribution in [-0.2, 0) is 0 Å². The number of aromatic nitrogens is 8. The fraction of sp³-hybridized carbons (Fsp3) is 0.481. The normalized spacial score (nSPS) is 10.8. The molecule has 4 aromatic rings. The van der Waals surface area contributed by atoms with Crippen molar-refractivity contribution < 1.29 is 56.1 Å². The van der Waals surface area contributed by atoms with E-state index in [4.69, 9.17) is 6.42 Å². The van der Waals surface area contributed by atoms with Gasteiger partial charge < -0.3 is 4.70 Å². The molecule has 2 N–H and O–H groups in total. The number of hydrogen-bond acceptors (Lipinski definition) is 6. The van der Waals surface area contributed by atoms with Gasteiger partial charge >= 0.3 is 62.8 Å². The van der Waals surface area contributed by atoms with Gasteiger partial charge in [0.15, 0.2) is 22.6 Å². The molecule has 0 spiro atoms. The van der Waals surface area contributed by atoms with Gasteiger partial charge in [-0.25, -0.2) is 29.5 Å². The molecule has 0 atom stereocenters. The molecule has 0 amide bonds. The van der Waals surface area contributed by atoms with Crippen LogP contribution >= 0.6 is 0 Å². The maximum absolute atomic E-state index is 12.1. The van der Waals surface area contributed by atoms with Crippen molar-refractivity contribution >= 4 is 30.7 Å². The van der Waals surface area contributed by atoms with Crippen LogP contribution in [0.1, 0.15) is 76.8 Å². The predicted molar refractivity (Wildman–Crippen MR) is 154 cm³/mol. The standard InChI is InChI=1S/C15H22N4OSi.C12H14N4O.FH.K/c1-6-12(7-2)19-14-13(18-15(19)20)16-10-11(17-14)8-9-21(3,4)5;1-4-8-7-13-10-11(14-8)16(12(17)15-10)9(5-2)6-3;;/h10,12H,6-7H2,1-5H3,(H,16,18,20);1,7,9H,5-6H2,2-3H3,(H,13,15,17);1H;/q;;;+1/p-1. The van der Waals surface area contributed by atoms with Gasteiger partial charge in [0.25, 0.3) is 0 Å². The molecule has 0 saturated heterocycles. The van der Waals surface area contributed by atoms with Crippen molar-refractivity contribution in [3.8, 4) is 23.8 Å². The minimum atomic E-state index is -1.46. The summed E-state index contributed by atoms with van der Waals surface area (Å²) in [6, 6.07) is 0.263. The number of hydrogen-bond donors (Lipinski definition) is 2. The molecule has 13 heteroatoms. The number of nitrogens with zero attached hydrogens (tertiary/aromatic N) is 6. The Morgan fingerprint density at radius 2 is 1.23 bits per heavy atom. The molecule has 0 bridgehead atoms. The average molecular weight is 591 g/mol. The first-order chi connectivity index (χ1) is 18.1. The van der Waals surface area contributed by atoms with E-state index in [1.807, 2.05) is 13.8 Å². The van der Waals surface area contributed by atoms with E-state index in [1.54, 1.807) is 15.3 Å². The summed E-state index contributed by atoms with van der Waals surface area (Å²) in [7, 11) is -1.46. The molecule has 208 valence electrons. The summed E-state index contributed by atoms with van der Waals surface area (Å²) in [6.45, 7) is 14.8. The minimum absolute atomic E-state index is 0. The van der Waals surface area contributed by atoms with Crippen molar-refractivity contribution in [2.24, 2.45) is 0 Å². The number of nitrogens with one attached hydrogen (secondary N) is 2. The SMILES string of the molecule is C#Cc1cnc2[nH]c(=O)n(C(CC)CC)c2n1.CCC(CC)n1c(=O)[nH]c2ncc(C#C[Si](C)(C)C)nc21.[F-].[K+]. The molecule has 40 heavy (non-hydrogen) atoms. The molecule has 0 saturated carbocycles. The quantitative estimate of drug-likeness (QED) is 0.201. The van der Waals surface area contributed by atoms with Gasteiger partial charge in [-0.15, -0.1) is 12.0 Å². The van der Waals surface area contributed by atoms with E-state index < -0.39 is 8.07 Å². The zero-order valence-corrected chi connectivity index (χ0v) is 28.7. The molecule has 4 aromatic heterocycles. The number of imidazole rings is 2. The first kappa shape index (κ1) is 35.6. The van der Waals surface area contributed by atoms with Gasteiger partial charge in [0.2, 0.25) is 0 Å². The average Bonchev–Trinajstić information content (AvgIpc) is 3.39. The van der Waals surface area contributed by atoms with Gasteiger partial charge in [-0.3, -0.25) is 19.1 Å². The predicted octanol–water partition coefficient (Wildman–Crippen LogP) is -1.82. The first-order valence-corrected chi connectivity index (χ1v) is 16.5. The maximum Gasteiger partial charge on any atom is 1.00 e. The van der Waals surface area contributed by atoms with Gasteiger partial charge in [-0.05, 0) is 31.6 Å². The summed E-state index contributed by atoms with van der Waals surface area (Å²) in [5.74, 6) is 5.52. The van der Waals surface area contributed by atoms with Crippen LogP contribution in [0.25, 0.3) is 22.6 Å². The van der Waals surface area contributed by atoms with Gasteiger partial charge in [-0.2, -0.15) is 0 Å². The summed E-state index contributed by atoms with van der Waals surface area (Å²) in [6.07, 6.45) is 11.9. The Labute approximate surface area is 277 Å². The smallest absolute Gasteiger partial charge is 1.00 e. The molecular formula is C27H36FKN8O2Si.